The lowest BCUT2D eigenvalue weighted by Crippen LogP contribution is -2.39. The van der Waals surface area contributed by atoms with Gasteiger partial charge in [0.1, 0.15) is 12.4 Å². The number of hydrogen-bond donors (Lipinski definition) is 0. The molecule has 10 heteroatoms. The second kappa shape index (κ2) is 12.9. The van der Waals surface area contributed by atoms with Crippen LogP contribution >= 0.6 is 11.3 Å². The van der Waals surface area contributed by atoms with Crippen molar-refractivity contribution < 1.29 is 19.2 Å². The number of rotatable bonds is 9. The molecule has 0 saturated heterocycles. The van der Waals surface area contributed by atoms with Crippen LogP contribution in [0, 0.1) is 10.1 Å². The Morgan fingerprint density at radius 3 is 2.38 bits per heavy atom. The Labute approximate surface area is 261 Å². The first kappa shape index (κ1) is 29.5. The minimum atomic E-state index is -0.741. The fourth-order valence-corrected chi connectivity index (χ4v) is 6.12. The Kier molecular flexibility index (Phi) is 8.47. The van der Waals surface area contributed by atoms with E-state index in [9.17, 15) is 19.7 Å². The average molecular weight is 618 g/mol. The highest BCUT2D eigenvalue weighted by atomic mass is 32.1. The number of nitrogens with zero attached hydrogens (tertiary/aromatic N) is 3. The molecule has 4 aromatic carbocycles. The molecule has 0 fully saturated rings. The van der Waals surface area contributed by atoms with Crippen LogP contribution in [0.1, 0.15) is 35.2 Å². The number of carbonyl (C=O) groups is 1. The van der Waals surface area contributed by atoms with E-state index in [1.807, 2.05) is 78.9 Å². The van der Waals surface area contributed by atoms with Gasteiger partial charge in [0.25, 0.3) is 11.2 Å². The fraction of sp³-hybridized carbons (Fsp3) is 0.114. The van der Waals surface area contributed by atoms with Gasteiger partial charge in [0, 0.05) is 17.7 Å². The van der Waals surface area contributed by atoms with E-state index >= 15 is 0 Å². The number of non-ortho nitro benzene ring substituents is 1. The van der Waals surface area contributed by atoms with Gasteiger partial charge in [-0.05, 0) is 54.0 Å². The zero-order valence-corrected chi connectivity index (χ0v) is 25.0. The molecular formula is C35H27N3O6S. The Morgan fingerprint density at radius 1 is 0.978 bits per heavy atom. The normalized spacial score (nSPS) is 14.4. The zero-order chi connectivity index (χ0) is 31.3. The third-order valence-corrected chi connectivity index (χ3v) is 8.18. The van der Waals surface area contributed by atoms with Crippen LogP contribution in [0.4, 0.5) is 5.69 Å². The first-order valence-corrected chi connectivity index (χ1v) is 15.0. The maximum Gasteiger partial charge on any atom is 0.338 e. The summed E-state index contributed by atoms with van der Waals surface area (Å²) in [4.78, 5) is 43.4. The van der Waals surface area contributed by atoms with Gasteiger partial charge < -0.3 is 9.47 Å². The van der Waals surface area contributed by atoms with Crippen LogP contribution in [0.3, 0.4) is 0 Å². The molecule has 0 N–H and O–H groups in total. The van der Waals surface area contributed by atoms with Crippen molar-refractivity contribution in [2.75, 3.05) is 6.61 Å². The maximum absolute atomic E-state index is 14.1. The lowest BCUT2D eigenvalue weighted by atomic mass is 9.93. The molecule has 224 valence electrons. The van der Waals surface area contributed by atoms with E-state index in [2.05, 4.69) is 0 Å². The average Bonchev–Trinajstić information content (AvgIpc) is 3.38. The lowest BCUT2D eigenvalue weighted by molar-refractivity contribution is -0.384. The van der Waals surface area contributed by atoms with E-state index in [4.69, 9.17) is 14.5 Å². The van der Waals surface area contributed by atoms with E-state index in [0.29, 0.717) is 26.4 Å². The second-order valence-electron chi connectivity index (χ2n) is 10.1. The number of esters is 1. The molecule has 0 radical (unpaired) electrons. The molecule has 9 nitrogen and oxygen atoms in total. The third kappa shape index (κ3) is 6.22. The van der Waals surface area contributed by atoms with Crippen LogP contribution in [0.2, 0.25) is 0 Å². The number of benzene rings is 4. The Hall–Kier alpha value is -5.61. The Bertz CT molecular complexity index is 2090. The highest BCUT2D eigenvalue weighted by Gasteiger charge is 2.35. The van der Waals surface area contributed by atoms with E-state index < -0.39 is 16.9 Å². The quantitative estimate of drug-likeness (QED) is 0.124. The van der Waals surface area contributed by atoms with E-state index in [1.165, 1.54) is 23.5 Å². The molecule has 45 heavy (non-hydrogen) atoms. The van der Waals surface area contributed by atoms with Gasteiger partial charge in [0.2, 0.25) is 0 Å². The van der Waals surface area contributed by atoms with Gasteiger partial charge >= 0.3 is 5.97 Å². The summed E-state index contributed by atoms with van der Waals surface area (Å²) in [5, 5.41) is 10.9. The smallest absolute Gasteiger partial charge is 0.338 e. The fourth-order valence-electron chi connectivity index (χ4n) is 5.12. The molecule has 0 aliphatic carbocycles. The summed E-state index contributed by atoms with van der Waals surface area (Å²) in [5.74, 6) is 0.0501. The molecule has 0 unspecified atom stereocenters. The van der Waals surface area contributed by atoms with Crippen LogP contribution in [-0.2, 0) is 16.1 Å². The van der Waals surface area contributed by atoms with Gasteiger partial charge in [-0.15, -0.1) is 0 Å². The van der Waals surface area contributed by atoms with Gasteiger partial charge in [-0.25, -0.2) is 9.79 Å². The van der Waals surface area contributed by atoms with E-state index in [0.717, 1.165) is 22.3 Å². The molecule has 0 saturated carbocycles. The van der Waals surface area contributed by atoms with Crippen LogP contribution in [0.15, 0.2) is 125 Å². The molecule has 1 aliphatic heterocycles. The van der Waals surface area contributed by atoms with Crippen molar-refractivity contribution in [2.24, 2.45) is 4.99 Å². The van der Waals surface area contributed by atoms with Crippen LogP contribution in [0.5, 0.6) is 5.75 Å². The molecule has 1 atom stereocenters. The maximum atomic E-state index is 14.1. The number of thiazole rings is 1. The molecule has 1 aliphatic rings. The number of carbonyl (C=O) groups excluding carboxylic acids is 1. The summed E-state index contributed by atoms with van der Waals surface area (Å²) in [6, 6.07) is 31.6. The molecule has 6 rings (SSSR count). The highest BCUT2D eigenvalue weighted by molar-refractivity contribution is 7.07. The summed E-state index contributed by atoms with van der Waals surface area (Å²) >= 11 is 1.25. The van der Waals surface area contributed by atoms with Crippen molar-refractivity contribution in [3.63, 3.8) is 0 Å². The van der Waals surface area contributed by atoms with Crippen molar-refractivity contribution in [1.82, 2.24) is 4.57 Å². The molecule has 1 aromatic heterocycles. The summed E-state index contributed by atoms with van der Waals surface area (Å²) in [6.07, 6.45) is 1.78. The Balaban J connectivity index is 1.42. The monoisotopic (exact) mass is 617 g/mol. The van der Waals surface area contributed by atoms with Crippen molar-refractivity contribution in [3.05, 3.63) is 167 Å². The Morgan fingerprint density at radius 2 is 1.69 bits per heavy atom. The number of fused-ring (bicyclic) bond motifs is 1. The molecule has 0 amide bonds. The molecule has 5 aromatic rings. The standard InChI is InChI=1S/C35H27N3O6S/c1-2-43-34(40)30-31(25-11-5-3-6-12-25)36-35-37(32(30)26-13-7-4-8-14-26)33(39)29(45-35)21-24-10-9-15-28(20-24)44-22-23-16-18-27(19-17-23)38(41)42/h3-21,32H,2,22H2,1H3/b29-21-/t32-/m1/s1. The number of hydrogen-bond acceptors (Lipinski definition) is 8. The first-order chi connectivity index (χ1) is 21.9. The number of ether oxygens (including phenoxy) is 2. The van der Waals surface area contributed by atoms with Crippen LogP contribution in [0.25, 0.3) is 11.8 Å². The zero-order valence-electron chi connectivity index (χ0n) is 24.2. The van der Waals surface area contributed by atoms with Crippen LogP contribution in [-0.4, -0.2) is 22.1 Å². The van der Waals surface area contributed by atoms with Crippen molar-refractivity contribution in [1.29, 1.82) is 0 Å². The molecular weight excluding hydrogens is 590 g/mol. The predicted molar refractivity (Wildman–Crippen MR) is 171 cm³/mol. The number of nitro benzene ring substituents is 1. The summed E-state index contributed by atoms with van der Waals surface area (Å²) < 4.78 is 13.5. The SMILES string of the molecule is CCOC(=O)C1=C(c2ccccc2)N=c2s/c(=C\c3cccc(OCc4ccc([N+](=O)[O-])cc4)c3)c(=O)n2[C@@H]1c1ccccc1. The summed E-state index contributed by atoms with van der Waals surface area (Å²) in [7, 11) is 0. The van der Waals surface area contributed by atoms with Gasteiger partial charge in [0.15, 0.2) is 4.80 Å². The van der Waals surface area contributed by atoms with Gasteiger partial charge in [0.05, 0.1) is 33.4 Å². The predicted octanol–water partition coefficient (Wildman–Crippen LogP) is 5.42. The van der Waals surface area contributed by atoms with E-state index in [-0.39, 0.29) is 24.5 Å². The van der Waals surface area contributed by atoms with Gasteiger partial charge in [-0.1, -0.05) is 84.1 Å². The first-order valence-electron chi connectivity index (χ1n) is 14.2. The summed E-state index contributed by atoms with van der Waals surface area (Å²) in [6.45, 7) is 2.15. The topological polar surface area (TPSA) is 113 Å². The minimum absolute atomic E-state index is 0.0157. The molecule has 0 bridgehead atoms. The minimum Gasteiger partial charge on any atom is -0.489 e. The number of aromatic nitrogens is 1. The third-order valence-electron chi connectivity index (χ3n) is 7.20. The highest BCUT2D eigenvalue weighted by Crippen LogP contribution is 2.35. The second-order valence-corrected chi connectivity index (χ2v) is 11.1. The van der Waals surface area contributed by atoms with Crippen molar-refractivity contribution >= 4 is 34.8 Å². The van der Waals surface area contributed by atoms with Gasteiger partial charge in [-0.3, -0.25) is 19.5 Å². The lowest BCUT2D eigenvalue weighted by Gasteiger charge is -2.25. The van der Waals surface area contributed by atoms with Crippen molar-refractivity contribution in [2.45, 2.75) is 19.6 Å². The summed E-state index contributed by atoms with van der Waals surface area (Å²) in [5.41, 5.74) is 3.54. The largest absolute Gasteiger partial charge is 0.489 e. The van der Waals surface area contributed by atoms with Gasteiger partial charge in [-0.2, -0.15) is 0 Å². The molecule has 0 spiro atoms. The molecule has 2 heterocycles. The van der Waals surface area contributed by atoms with Crippen molar-refractivity contribution in [3.8, 4) is 5.75 Å². The van der Waals surface area contributed by atoms with Crippen LogP contribution < -0.4 is 19.6 Å². The number of nitro groups is 1. The van der Waals surface area contributed by atoms with E-state index in [1.54, 1.807) is 35.8 Å².